The van der Waals surface area contributed by atoms with E-state index >= 15 is 0 Å². The molecule has 6 heteroatoms. The third kappa shape index (κ3) is 2.66. The number of anilines is 1. The Hall–Kier alpha value is -0.940. The molecule has 2 heterocycles. The van der Waals surface area contributed by atoms with Crippen LogP contribution in [0.4, 0.5) is 10.2 Å². The van der Waals surface area contributed by atoms with E-state index in [2.05, 4.69) is 15.3 Å². The summed E-state index contributed by atoms with van der Waals surface area (Å²) in [5.74, 6) is 0.210. The molecule has 1 saturated heterocycles. The van der Waals surface area contributed by atoms with Crippen molar-refractivity contribution in [1.29, 1.82) is 0 Å². The second kappa shape index (κ2) is 5.14. The Morgan fingerprint density at radius 1 is 1.47 bits per heavy atom. The number of hydrogen-bond donors (Lipinski definition) is 1. The van der Waals surface area contributed by atoms with Crippen LogP contribution in [-0.2, 0) is 4.74 Å². The van der Waals surface area contributed by atoms with Gasteiger partial charge < -0.3 is 10.1 Å². The van der Waals surface area contributed by atoms with E-state index < -0.39 is 5.82 Å². The Kier molecular flexibility index (Phi) is 3.79. The minimum Gasteiger partial charge on any atom is -0.381 e. The van der Waals surface area contributed by atoms with Crippen molar-refractivity contribution in [1.82, 2.24) is 9.97 Å². The van der Waals surface area contributed by atoms with Gasteiger partial charge in [0.2, 0.25) is 0 Å². The van der Waals surface area contributed by atoms with Gasteiger partial charge in [-0.25, -0.2) is 14.4 Å². The molecule has 0 aromatic carbocycles. The molecule has 1 aliphatic rings. The molecule has 1 aromatic rings. The van der Waals surface area contributed by atoms with Gasteiger partial charge >= 0.3 is 0 Å². The van der Waals surface area contributed by atoms with E-state index in [9.17, 15) is 4.39 Å². The lowest BCUT2D eigenvalue weighted by Gasteiger charge is -2.36. The SMILES string of the molecule is Cc1ncnc(NC2(CCl)CCOCC2)c1F. The van der Waals surface area contributed by atoms with Crippen molar-refractivity contribution in [2.45, 2.75) is 25.3 Å². The first-order chi connectivity index (χ1) is 8.17. The lowest BCUT2D eigenvalue weighted by molar-refractivity contribution is 0.0665. The smallest absolute Gasteiger partial charge is 0.186 e. The fourth-order valence-corrected chi connectivity index (χ4v) is 2.18. The number of aromatic nitrogens is 2. The second-order valence-corrected chi connectivity index (χ2v) is 4.54. The molecule has 0 bridgehead atoms. The lowest BCUT2D eigenvalue weighted by atomic mass is 9.92. The molecule has 0 atom stereocenters. The summed E-state index contributed by atoms with van der Waals surface area (Å²) in [6, 6.07) is 0. The minimum atomic E-state index is -0.413. The number of halogens is 2. The first-order valence-electron chi connectivity index (χ1n) is 5.56. The van der Waals surface area contributed by atoms with Crippen LogP contribution in [0.3, 0.4) is 0 Å². The van der Waals surface area contributed by atoms with Crippen molar-refractivity contribution in [2.24, 2.45) is 0 Å². The quantitative estimate of drug-likeness (QED) is 0.845. The number of ether oxygens (including phenoxy) is 1. The van der Waals surface area contributed by atoms with Crippen LogP contribution in [-0.4, -0.2) is 34.6 Å². The van der Waals surface area contributed by atoms with Gasteiger partial charge in [0.05, 0.1) is 11.2 Å². The van der Waals surface area contributed by atoms with E-state index in [1.54, 1.807) is 6.92 Å². The van der Waals surface area contributed by atoms with Crippen LogP contribution in [0.1, 0.15) is 18.5 Å². The molecule has 0 saturated carbocycles. The third-order valence-corrected chi connectivity index (χ3v) is 3.56. The van der Waals surface area contributed by atoms with Gasteiger partial charge in [0.1, 0.15) is 6.33 Å². The summed E-state index contributed by atoms with van der Waals surface area (Å²) in [5, 5.41) is 3.12. The zero-order chi connectivity index (χ0) is 12.3. The molecule has 1 fully saturated rings. The van der Waals surface area contributed by atoms with Gasteiger partial charge in [-0.1, -0.05) is 0 Å². The van der Waals surface area contributed by atoms with Crippen LogP contribution < -0.4 is 5.32 Å². The summed E-state index contributed by atoms with van der Waals surface area (Å²) in [7, 11) is 0. The topological polar surface area (TPSA) is 47.0 Å². The zero-order valence-electron chi connectivity index (χ0n) is 9.67. The van der Waals surface area contributed by atoms with Gasteiger partial charge in [-0.3, -0.25) is 0 Å². The predicted octanol–water partition coefficient (Wildman–Crippen LogP) is 2.12. The van der Waals surface area contributed by atoms with E-state index in [-0.39, 0.29) is 11.4 Å². The molecule has 1 aliphatic heterocycles. The maximum atomic E-state index is 13.8. The first-order valence-corrected chi connectivity index (χ1v) is 6.09. The average molecular weight is 260 g/mol. The highest BCUT2D eigenvalue weighted by atomic mass is 35.5. The molecule has 17 heavy (non-hydrogen) atoms. The van der Waals surface area contributed by atoms with Gasteiger partial charge in [0, 0.05) is 19.1 Å². The first kappa shape index (κ1) is 12.5. The molecule has 0 spiro atoms. The maximum Gasteiger partial charge on any atom is 0.186 e. The van der Waals surface area contributed by atoms with Crippen LogP contribution in [0.15, 0.2) is 6.33 Å². The normalized spacial score (nSPS) is 19.0. The van der Waals surface area contributed by atoms with E-state index in [1.807, 2.05) is 0 Å². The van der Waals surface area contributed by atoms with Gasteiger partial charge in [0.25, 0.3) is 0 Å². The number of aryl methyl sites for hydroxylation is 1. The molecule has 2 rings (SSSR count). The largest absolute Gasteiger partial charge is 0.381 e. The monoisotopic (exact) mass is 259 g/mol. The maximum absolute atomic E-state index is 13.8. The van der Waals surface area contributed by atoms with Crippen molar-refractivity contribution in [2.75, 3.05) is 24.4 Å². The summed E-state index contributed by atoms with van der Waals surface area (Å²) < 4.78 is 19.1. The standard InChI is InChI=1S/C11H15ClFN3O/c1-8-9(13)10(15-7-14-8)16-11(6-12)2-4-17-5-3-11/h7H,2-6H2,1H3,(H,14,15,16). The molecular weight excluding hydrogens is 245 g/mol. The van der Waals surface area contributed by atoms with Crippen molar-refractivity contribution in [3.8, 4) is 0 Å². The Bertz CT molecular complexity index is 396. The fraction of sp³-hybridized carbons (Fsp3) is 0.636. The van der Waals surface area contributed by atoms with Crippen molar-refractivity contribution >= 4 is 17.4 Å². The van der Waals surface area contributed by atoms with Gasteiger partial charge in [-0.2, -0.15) is 0 Å². The van der Waals surface area contributed by atoms with Crippen LogP contribution in [0.2, 0.25) is 0 Å². The minimum absolute atomic E-state index is 0.222. The fourth-order valence-electron chi connectivity index (χ4n) is 1.85. The highest BCUT2D eigenvalue weighted by Crippen LogP contribution is 2.27. The molecule has 4 nitrogen and oxygen atoms in total. The Morgan fingerprint density at radius 3 is 2.82 bits per heavy atom. The number of nitrogens with zero attached hydrogens (tertiary/aromatic N) is 2. The second-order valence-electron chi connectivity index (χ2n) is 4.27. The molecule has 0 unspecified atom stereocenters. The third-order valence-electron chi connectivity index (χ3n) is 3.05. The summed E-state index contributed by atoms with van der Waals surface area (Å²) in [5.41, 5.74) is 0.000763. The summed E-state index contributed by atoms with van der Waals surface area (Å²) in [6.45, 7) is 2.87. The molecule has 94 valence electrons. The number of nitrogens with one attached hydrogen (secondary N) is 1. The molecule has 1 aromatic heterocycles. The molecule has 0 aliphatic carbocycles. The number of rotatable bonds is 3. The Balaban J connectivity index is 2.20. The number of alkyl halides is 1. The van der Waals surface area contributed by atoms with E-state index in [0.29, 0.717) is 24.8 Å². The molecule has 0 amide bonds. The molecule has 0 radical (unpaired) electrons. The molecule has 1 N–H and O–H groups in total. The molecular formula is C11H15ClFN3O. The van der Waals surface area contributed by atoms with Crippen LogP contribution >= 0.6 is 11.6 Å². The van der Waals surface area contributed by atoms with Gasteiger partial charge in [0.15, 0.2) is 11.6 Å². The van der Waals surface area contributed by atoms with Crippen molar-refractivity contribution in [3.63, 3.8) is 0 Å². The van der Waals surface area contributed by atoms with Crippen LogP contribution in [0, 0.1) is 12.7 Å². The Morgan fingerprint density at radius 2 is 2.18 bits per heavy atom. The lowest BCUT2D eigenvalue weighted by Crippen LogP contribution is -2.46. The predicted molar refractivity (Wildman–Crippen MR) is 63.9 cm³/mol. The Labute approximate surface area is 105 Å². The number of hydrogen-bond acceptors (Lipinski definition) is 4. The van der Waals surface area contributed by atoms with Gasteiger partial charge in [-0.15, -0.1) is 11.6 Å². The van der Waals surface area contributed by atoms with Crippen molar-refractivity contribution < 1.29 is 9.13 Å². The zero-order valence-corrected chi connectivity index (χ0v) is 10.4. The van der Waals surface area contributed by atoms with Crippen molar-refractivity contribution in [3.05, 3.63) is 17.8 Å². The van der Waals surface area contributed by atoms with E-state index in [4.69, 9.17) is 16.3 Å². The summed E-state index contributed by atoms with van der Waals surface area (Å²) in [6.07, 6.45) is 2.85. The summed E-state index contributed by atoms with van der Waals surface area (Å²) in [4.78, 5) is 7.73. The summed E-state index contributed by atoms with van der Waals surface area (Å²) >= 11 is 6.00. The highest BCUT2D eigenvalue weighted by molar-refractivity contribution is 6.18. The van der Waals surface area contributed by atoms with Crippen LogP contribution in [0.25, 0.3) is 0 Å². The van der Waals surface area contributed by atoms with E-state index in [0.717, 1.165) is 12.8 Å². The van der Waals surface area contributed by atoms with Gasteiger partial charge in [-0.05, 0) is 19.8 Å². The van der Waals surface area contributed by atoms with E-state index in [1.165, 1.54) is 6.33 Å². The highest BCUT2D eigenvalue weighted by Gasteiger charge is 2.33. The average Bonchev–Trinajstić information content (AvgIpc) is 2.36. The van der Waals surface area contributed by atoms with Crippen LogP contribution in [0.5, 0.6) is 0 Å².